The van der Waals surface area contributed by atoms with Gasteiger partial charge in [0, 0.05) is 12.6 Å². The summed E-state index contributed by atoms with van der Waals surface area (Å²) in [6.07, 6.45) is 5.63. The summed E-state index contributed by atoms with van der Waals surface area (Å²) in [7, 11) is 4.10. The van der Waals surface area contributed by atoms with E-state index >= 15 is 0 Å². The first-order valence-corrected chi connectivity index (χ1v) is 6.69. The van der Waals surface area contributed by atoms with Crippen LogP contribution in [-0.4, -0.2) is 60.1 Å². The molecular formula is C13H26N2O2. The molecule has 1 fully saturated rings. The van der Waals surface area contributed by atoms with Crippen molar-refractivity contribution in [1.82, 2.24) is 9.80 Å². The number of likely N-dealkylation sites (N-methyl/N-ethyl adjacent to an activating group) is 1. The highest BCUT2D eigenvalue weighted by Crippen LogP contribution is 2.18. The predicted molar refractivity (Wildman–Crippen MR) is 69.2 cm³/mol. The van der Waals surface area contributed by atoms with Crippen LogP contribution in [0.15, 0.2) is 0 Å². The summed E-state index contributed by atoms with van der Waals surface area (Å²) >= 11 is 0. The maximum absolute atomic E-state index is 11.0. The molecule has 0 aliphatic carbocycles. The SMILES string of the molecule is CC[C@H](C(=O)O)N(C)CC[C@H]1CCCCN1C. The van der Waals surface area contributed by atoms with Gasteiger partial charge in [0.15, 0.2) is 0 Å². The normalized spacial score (nSPS) is 23.9. The number of piperidine rings is 1. The summed E-state index contributed by atoms with van der Waals surface area (Å²) < 4.78 is 0. The average Bonchev–Trinajstić information content (AvgIpc) is 2.28. The molecule has 1 rings (SSSR count). The Balaban J connectivity index is 2.35. The first-order valence-electron chi connectivity index (χ1n) is 6.69. The van der Waals surface area contributed by atoms with E-state index in [1.807, 2.05) is 18.9 Å². The Morgan fingerprint density at radius 2 is 2.24 bits per heavy atom. The fraction of sp³-hybridized carbons (Fsp3) is 0.923. The maximum atomic E-state index is 11.0. The van der Waals surface area contributed by atoms with Crippen molar-refractivity contribution < 1.29 is 9.90 Å². The van der Waals surface area contributed by atoms with Crippen molar-refractivity contribution in [3.8, 4) is 0 Å². The minimum atomic E-state index is -0.702. The third-order valence-corrected chi connectivity index (χ3v) is 3.94. The van der Waals surface area contributed by atoms with Gasteiger partial charge in [-0.25, -0.2) is 0 Å². The Hall–Kier alpha value is -0.610. The van der Waals surface area contributed by atoms with Gasteiger partial charge in [0.05, 0.1) is 0 Å². The van der Waals surface area contributed by atoms with Crippen molar-refractivity contribution in [2.75, 3.05) is 27.2 Å². The average molecular weight is 242 g/mol. The van der Waals surface area contributed by atoms with Crippen molar-refractivity contribution >= 4 is 5.97 Å². The van der Waals surface area contributed by atoms with Gasteiger partial charge in [0.25, 0.3) is 0 Å². The van der Waals surface area contributed by atoms with Gasteiger partial charge in [-0.2, -0.15) is 0 Å². The second-order valence-corrected chi connectivity index (χ2v) is 5.16. The van der Waals surface area contributed by atoms with Crippen LogP contribution in [0.4, 0.5) is 0 Å². The molecule has 4 heteroatoms. The number of rotatable bonds is 6. The van der Waals surface area contributed by atoms with E-state index in [2.05, 4.69) is 11.9 Å². The molecule has 0 aromatic rings. The monoisotopic (exact) mass is 242 g/mol. The second kappa shape index (κ2) is 6.97. The molecule has 0 unspecified atom stereocenters. The predicted octanol–water partition coefficient (Wildman–Crippen LogP) is 1.66. The van der Waals surface area contributed by atoms with Crippen LogP contribution in [0.1, 0.15) is 39.0 Å². The van der Waals surface area contributed by atoms with Crippen molar-refractivity contribution in [2.45, 2.75) is 51.1 Å². The van der Waals surface area contributed by atoms with E-state index in [0.717, 1.165) is 13.0 Å². The maximum Gasteiger partial charge on any atom is 0.320 e. The van der Waals surface area contributed by atoms with E-state index in [1.165, 1.54) is 25.8 Å². The lowest BCUT2D eigenvalue weighted by Crippen LogP contribution is -2.42. The molecule has 1 heterocycles. The van der Waals surface area contributed by atoms with E-state index in [1.54, 1.807) is 0 Å². The summed E-state index contributed by atoms with van der Waals surface area (Å²) in [5.74, 6) is -0.702. The Morgan fingerprint density at radius 1 is 1.53 bits per heavy atom. The molecule has 1 aliphatic rings. The lowest BCUT2D eigenvalue weighted by Gasteiger charge is -2.34. The molecule has 0 aromatic carbocycles. The van der Waals surface area contributed by atoms with Crippen LogP contribution >= 0.6 is 0 Å². The molecule has 0 radical (unpaired) electrons. The summed E-state index contributed by atoms with van der Waals surface area (Å²) in [6, 6.07) is 0.307. The van der Waals surface area contributed by atoms with E-state index in [9.17, 15) is 4.79 Å². The smallest absolute Gasteiger partial charge is 0.320 e. The van der Waals surface area contributed by atoms with E-state index in [4.69, 9.17) is 5.11 Å². The molecule has 1 saturated heterocycles. The number of carboxylic acid groups (broad SMARTS) is 1. The number of nitrogens with zero attached hydrogens (tertiary/aromatic N) is 2. The molecule has 0 amide bonds. The highest BCUT2D eigenvalue weighted by molar-refractivity contribution is 5.73. The van der Waals surface area contributed by atoms with Crippen LogP contribution in [0.5, 0.6) is 0 Å². The van der Waals surface area contributed by atoms with Crippen LogP contribution in [0.3, 0.4) is 0 Å². The number of carboxylic acids is 1. The Bertz CT molecular complexity index is 246. The molecule has 4 nitrogen and oxygen atoms in total. The number of hydrogen-bond donors (Lipinski definition) is 1. The molecule has 1 N–H and O–H groups in total. The molecule has 100 valence electrons. The minimum Gasteiger partial charge on any atom is -0.480 e. The lowest BCUT2D eigenvalue weighted by molar-refractivity contribution is -0.142. The van der Waals surface area contributed by atoms with E-state index < -0.39 is 5.97 Å². The van der Waals surface area contributed by atoms with Crippen LogP contribution < -0.4 is 0 Å². The van der Waals surface area contributed by atoms with Crippen LogP contribution in [0, 0.1) is 0 Å². The summed E-state index contributed by atoms with van der Waals surface area (Å²) in [5.41, 5.74) is 0. The number of hydrogen-bond acceptors (Lipinski definition) is 3. The summed E-state index contributed by atoms with van der Waals surface area (Å²) in [5, 5.41) is 9.08. The highest BCUT2D eigenvalue weighted by atomic mass is 16.4. The first kappa shape index (κ1) is 14.5. The Morgan fingerprint density at radius 3 is 2.76 bits per heavy atom. The van der Waals surface area contributed by atoms with Crippen molar-refractivity contribution in [3.05, 3.63) is 0 Å². The van der Waals surface area contributed by atoms with Gasteiger partial charge in [0.2, 0.25) is 0 Å². The molecule has 0 aromatic heterocycles. The zero-order valence-corrected chi connectivity index (χ0v) is 11.4. The fourth-order valence-electron chi connectivity index (χ4n) is 2.69. The quantitative estimate of drug-likeness (QED) is 0.769. The van der Waals surface area contributed by atoms with Gasteiger partial charge in [-0.05, 0) is 46.3 Å². The molecule has 0 saturated carbocycles. The van der Waals surface area contributed by atoms with Crippen LogP contribution in [0.2, 0.25) is 0 Å². The van der Waals surface area contributed by atoms with E-state index in [-0.39, 0.29) is 6.04 Å². The molecule has 0 spiro atoms. The molecule has 17 heavy (non-hydrogen) atoms. The van der Waals surface area contributed by atoms with Crippen LogP contribution in [0.25, 0.3) is 0 Å². The van der Waals surface area contributed by atoms with Crippen molar-refractivity contribution in [1.29, 1.82) is 0 Å². The number of likely N-dealkylation sites (tertiary alicyclic amines) is 1. The molecular weight excluding hydrogens is 216 g/mol. The van der Waals surface area contributed by atoms with Gasteiger partial charge in [-0.1, -0.05) is 13.3 Å². The zero-order chi connectivity index (χ0) is 12.8. The first-order chi connectivity index (χ1) is 8.06. The summed E-state index contributed by atoms with van der Waals surface area (Å²) in [6.45, 7) is 3.99. The Labute approximate surface area is 105 Å². The van der Waals surface area contributed by atoms with Gasteiger partial charge < -0.3 is 10.0 Å². The van der Waals surface area contributed by atoms with Crippen molar-refractivity contribution in [3.63, 3.8) is 0 Å². The van der Waals surface area contributed by atoms with Gasteiger partial charge >= 0.3 is 5.97 Å². The number of aliphatic carboxylic acids is 1. The van der Waals surface area contributed by atoms with Gasteiger partial charge in [-0.15, -0.1) is 0 Å². The number of carbonyl (C=O) groups is 1. The minimum absolute atomic E-state index is 0.330. The van der Waals surface area contributed by atoms with Gasteiger partial charge in [-0.3, -0.25) is 9.69 Å². The third kappa shape index (κ3) is 4.28. The largest absolute Gasteiger partial charge is 0.480 e. The Kier molecular flexibility index (Phi) is 5.92. The molecule has 0 bridgehead atoms. The molecule has 2 atom stereocenters. The second-order valence-electron chi connectivity index (χ2n) is 5.16. The van der Waals surface area contributed by atoms with E-state index in [0.29, 0.717) is 12.5 Å². The highest BCUT2D eigenvalue weighted by Gasteiger charge is 2.23. The zero-order valence-electron chi connectivity index (χ0n) is 11.4. The topological polar surface area (TPSA) is 43.8 Å². The van der Waals surface area contributed by atoms with Crippen LogP contribution in [-0.2, 0) is 4.79 Å². The van der Waals surface area contributed by atoms with Gasteiger partial charge in [0.1, 0.15) is 6.04 Å². The van der Waals surface area contributed by atoms with Crippen molar-refractivity contribution in [2.24, 2.45) is 0 Å². The standard InChI is InChI=1S/C13H26N2O2/c1-4-12(13(16)17)15(3)10-8-11-7-5-6-9-14(11)2/h11-12H,4-10H2,1-3H3,(H,16,17)/t11-,12-/m1/s1. The third-order valence-electron chi connectivity index (χ3n) is 3.94. The fourth-order valence-corrected chi connectivity index (χ4v) is 2.69. The summed E-state index contributed by atoms with van der Waals surface area (Å²) in [4.78, 5) is 15.4. The molecule has 1 aliphatic heterocycles. The lowest BCUT2D eigenvalue weighted by atomic mass is 9.99.